The van der Waals surface area contributed by atoms with Crippen LogP contribution in [0, 0.1) is 0 Å². The number of carbonyl (C=O) groups excluding carboxylic acids is 1. The van der Waals surface area contributed by atoms with Crippen molar-refractivity contribution in [3.8, 4) is 0 Å². The highest BCUT2D eigenvalue weighted by Crippen LogP contribution is 2.11. The Morgan fingerprint density at radius 1 is 1.57 bits per heavy atom. The number of carbonyl (C=O) groups is 1. The van der Waals surface area contributed by atoms with Gasteiger partial charge < -0.3 is 0 Å². The Labute approximate surface area is 84.4 Å². The number of rotatable bonds is 3. The molecule has 0 saturated carbocycles. The summed E-state index contributed by atoms with van der Waals surface area (Å²) < 4.78 is 1.57. The molecule has 72 valence electrons. The summed E-state index contributed by atoms with van der Waals surface area (Å²) in [6.45, 7) is 2.55. The number of ketones is 1. The fourth-order valence-electron chi connectivity index (χ4n) is 1.12. The largest absolute Gasteiger partial charge is 0.286 e. The van der Waals surface area contributed by atoms with Gasteiger partial charge in [0, 0.05) is 12.7 Å². The average Bonchev–Trinajstić information content (AvgIpc) is 2.87. The number of hydrogen-bond acceptors (Lipinski definition) is 5. The van der Waals surface area contributed by atoms with Gasteiger partial charge in [0.05, 0.1) is 16.6 Å². The van der Waals surface area contributed by atoms with E-state index in [0.29, 0.717) is 17.1 Å². The van der Waals surface area contributed by atoms with Crippen molar-refractivity contribution in [2.24, 2.45) is 0 Å². The van der Waals surface area contributed by atoms with E-state index in [1.54, 1.807) is 16.4 Å². The van der Waals surface area contributed by atoms with Gasteiger partial charge in [-0.15, -0.1) is 16.4 Å². The second kappa shape index (κ2) is 3.67. The van der Waals surface area contributed by atoms with Crippen molar-refractivity contribution < 1.29 is 4.79 Å². The molecule has 0 saturated heterocycles. The van der Waals surface area contributed by atoms with Crippen molar-refractivity contribution in [3.63, 3.8) is 0 Å². The van der Waals surface area contributed by atoms with Gasteiger partial charge in [0.2, 0.25) is 5.78 Å². The number of thiazole rings is 1. The lowest BCUT2D eigenvalue weighted by Gasteiger charge is -1.98. The SMILES string of the molecule is CCn1nncc1C(=O)c1cncs1. The Bertz CT molecular complexity index is 434. The molecule has 6 heteroatoms. The van der Waals surface area contributed by atoms with E-state index in [1.807, 2.05) is 6.92 Å². The van der Waals surface area contributed by atoms with E-state index in [2.05, 4.69) is 15.3 Å². The smallest absolute Gasteiger partial charge is 0.224 e. The standard InChI is InChI=1S/C8H8N4OS/c1-2-12-6(3-10-11-12)8(13)7-4-9-5-14-7/h3-5H,2H2,1H3. The zero-order valence-corrected chi connectivity index (χ0v) is 8.36. The topological polar surface area (TPSA) is 60.7 Å². The number of hydrogen-bond donors (Lipinski definition) is 0. The van der Waals surface area contributed by atoms with E-state index >= 15 is 0 Å². The Hall–Kier alpha value is -1.56. The number of nitrogens with zero attached hydrogens (tertiary/aromatic N) is 4. The van der Waals surface area contributed by atoms with Crippen LogP contribution in [-0.4, -0.2) is 25.8 Å². The lowest BCUT2D eigenvalue weighted by Crippen LogP contribution is -2.09. The van der Waals surface area contributed by atoms with Gasteiger partial charge in [-0.3, -0.25) is 9.78 Å². The first-order valence-corrected chi connectivity index (χ1v) is 5.02. The first-order valence-electron chi connectivity index (χ1n) is 4.14. The van der Waals surface area contributed by atoms with Crippen molar-refractivity contribution in [2.75, 3.05) is 0 Å². The molecule has 5 nitrogen and oxygen atoms in total. The molecule has 14 heavy (non-hydrogen) atoms. The second-order valence-corrected chi connectivity index (χ2v) is 3.52. The Morgan fingerprint density at radius 2 is 2.43 bits per heavy atom. The van der Waals surface area contributed by atoms with Gasteiger partial charge >= 0.3 is 0 Å². The van der Waals surface area contributed by atoms with Crippen LogP contribution in [0.5, 0.6) is 0 Å². The van der Waals surface area contributed by atoms with Crippen LogP contribution >= 0.6 is 11.3 Å². The summed E-state index contributed by atoms with van der Waals surface area (Å²) in [5.41, 5.74) is 2.14. The molecule has 0 amide bonds. The third-order valence-corrected chi connectivity index (χ3v) is 2.58. The zero-order valence-electron chi connectivity index (χ0n) is 7.54. The quantitative estimate of drug-likeness (QED) is 0.705. The molecule has 0 spiro atoms. The third-order valence-electron chi connectivity index (χ3n) is 1.81. The van der Waals surface area contributed by atoms with E-state index in [1.165, 1.54) is 17.5 Å². The summed E-state index contributed by atoms with van der Waals surface area (Å²) in [7, 11) is 0. The minimum Gasteiger partial charge on any atom is -0.286 e. The van der Waals surface area contributed by atoms with Crippen LogP contribution in [0.3, 0.4) is 0 Å². The maximum Gasteiger partial charge on any atom is 0.224 e. The molecular formula is C8H8N4OS. The molecule has 0 N–H and O–H groups in total. The van der Waals surface area contributed by atoms with Crippen molar-refractivity contribution in [1.82, 2.24) is 20.0 Å². The van der Waals surface area contributed by atoms with E-state index in [0.717, 1.165) is 0 Å². The van der Waals surface area contributed by atoms with Crippen molar-refractivity contribution in [2.45, 2.75) is 13.5 Å². The van der Waals surface area contributed by atoms with E-state index in [-0.39, 0.29) is 5.78 Å². The monoisotopic (exact) mass is 208 g/mol. The maximum atomic E-state index is 11.8. The Balaban J connectivity index is 2.36. The highest BCUT2D eigenvalue weighted by atomic mass is 32.1. The van der Waals surface area contributed by atoms with Gasteiger partial charge in [0.15, 0.2) is 0 Å². The van der Waals surface area contributed by atoms with Crippen LogP contribution in [0.1, 0.15) is 22.3 Å². The summed E-state index contributed by atoms with van der Waals surface area (Å²) in [5.74, 6) is -0.0700. The summed E-state index contributed by atoms with van der Waals surface area (Å²) in [6, 6.07) is 0. The number of aromatic nitrogens is 4. The van der Waals surface area contributed by atoms with Crippen molar-refractivity contribution in [1.29, 1.82) is 0 Å². The molecule has 0 aromatic carbocycles. The normalized spacial score (nSPS) is 10.4. The minimum atomic E-state index is -0.0700. The fraction of sp³-hybridized carbons (Fsp3) is 0.250. The molecule has 0 aliphatic rings. The molecule has 2 heterocycles. The van der Waals surface area contributed by atoms with Gasteiger partial charge in [0.1, 0.15) is 5.69 Å². The first kappa shape index (κ1) is 9.01. The molecule has 0 aliphatic carbocycles. The molecule has 0 atom stereocenters. The minimum absolute atomic E-state index is 0.0700. The van der Waals surface area contributed by atoms with Crippen LogP contribution in [0.25, 0.3) is 0 Å². The van der Waals surface area contributed by atoms with Crippen LogP contribution in [-0.2, 0) is 6.54 Å². The Kier molecular flexibility index (Phi) is 2.36. The van der Waals surface area contributed by atoms with Gasteiger partial charge in [0.25, 0.3) is 0 Å². The molecule has 2 aromatic heterocycles. The lowest BCUT2D eigenvalue weighted by molar-refractivity contribution is 0.103. The molecule has 2 rings (SSSR count). The molecule has 0 aliphatic heterocycles. The predicted octanol–water partition coefficient (Wildman–Crippen LogP) is 0.986. The molecule has 0 unspecified atom stereocenters. The first-order chi connectivity index (χ1) is 6.83. The number of aryl methyl sites for hydroxylation is 1. The zero-order chi connectivity index (χ0) is 9.97. The fourth-order valence-corrected chi connectivity index (χ4v) is 1.69. The van der Waals surface area contributed by atoms with Gasteiger partial charge in [-0.1, -0.05) is 5.21 Å². The Morgan fingerprint density at radius 3 is 3.07 bits per heavy atom. The summed E-state index contributed by atoms with van der Waals surface area (Å²) in [4.78, 5) is 16.3. The summed E-state index contributed by atoms with van der Waals surface area (Å²) in [5, 5.41) is 7.50. The van der Waals surface area contributed by atoms with Crippen LogP contribution < -0.4 is 0 Å². The van der Waals surface area contributed by atoms with E-state index in [9.17, 15) is 4.79 Å². The second-order valence-electron chi connectivity index (χ2n) is 2.63. The summed E-state index contributed by atoms with van der Waals surface area (Å²) >= 11 is 1.32. The van der Waals surface area contributed by atoms with Crippen LogP contribution in [0.2, 0.25) is 0 Å². The maximum absolute atomic E-state index is 11.8. The van der Waals surface area contributed by atoms with E-state index < -0.39 is 0 Å². The highest BCUT2D eigenvalue weighted by molar-refractivity contribution is 7.11. The molecule has 0 fully saturated rings. The van der Waals surface area contributed by atoms with Gasteiger partial charge in [-0.2, -0.15) is 0 Å². The molecule has 0 bridgehead atoms. The highest BCUT2D eigenvalue weighted by Gasteiger charge is 2.15. The summed E-state index contributed by atoms with van der Waals surface area (Å²) in [6.07, 6.45) is 3.03. The van der Waals surface area contributed by atoms with Crippen molar-refractivity contribution >= 4 is 17.1 Å². The van der Waals surface area contributed by atoms with Gasteiger partial charge in [-0.25, -0.2) is 4.68 Å². The average molecular weight is 208 g/mol. The predicted molar refractivity (Wildman–Crippen MR) is 51.2 cm³/mol. The van der Waals surface area contributed by atoms with Crippen LogP contribution in [0.4, 0.5) is 0 Å². The van der Waals surface area contributed by atoms with E-state index in [4.69, 9.17) is 0 Å². The third kappa shape index (κ3) is 1.44. The van der Waals surface area contributed by atoms with Crippen molar-refractivity contribution in [3.05, 3.63) is 28.5 Å². The molecular weight excluding hydrogens is 200 g/mol. The molecule has 0 radical (unpaired) electrons. The van der Waals surface area contributed by atoms with Gasteiger partial charge in [-0.05, 0) is 6.92 Å². The molecule has 2 aromatic rings. The lowest BCUT2D eigenvalue weighted by atomic mass is 10.3. The van der Waals surface area contributed by atoms with Crippen LogP contribution in [0.15, 0.2) is 17.9 Å².